The number of thiazole rings is 1. The van der Waals surface area contributed by atoms with Crippen LogP contribution in [0.3, 0.4) is 0 Å². The lowest BCUT2D eigenvalue weighted by atomic mass is 10.1. The van der Waals surface area contributed by atoms with E-state index >= 15 is 0 Å². The van der Waals surface area contributed by atoms with Crippen molar-refractivity contribution in [2.45, 2.75) is 13.0 Å². The standard InChI is InChI=1S/C14H15NO3S/c1-16-8-14-15-11(9-19-14)10-3-4-12-13(7-10)18-6-2-5-17-12/h3-4,7,9H,2,5-6,8H2,1H3. The van der Waals surface area contributed by atoms with Crippen LogP contribution < -0.4 is 9.47 Å². The fraction of sp³-hybridized carbons (Fsp3) is 0.357. The van der Waals surface area contributed by atoms with Crippen LogP contribution in [0.4, 0.5) is 0 Å². The first-order chi connectivity index (χ1) is 9.36. The molecule has 0 radical (unpaired) electrons. The Bertz CT molecular complexity index is 568. The van der Waals surface area contributed by atoms with Crippen LogP contribution in [0.25, 0.3) is 11.3 Å². The summed E-state index contributed by atoms with van der Waals surface area (Å²) in [6.45, 7) is 1.96. The third-order valence-electron chi connectivity index (χ3n) is 2.86. The summed E-state index contributed by atoms with van der Waals surface area (Å²) < 4.78 is 16.4. The largest absolute Gasteiger partial charge is 0.490 e. The van der Waals surface area contributed by atoms with Gasteiger partial charge in [0.1, 0.15) is 5.01 Å². The van der Waals surface area contributed by atoms with Crippen molar-refractivity contribution in [1.29, 1.82) is 0 Å². The Morgan fingerprint density at radius 3 is 2.95 bits per heavy atom. The van der Waals surface area contributed by atoms with Crippen LogP contribution >= 0.6 is 11.3 Å². The van der Waals surface area contributed by atoms with Gasteiger partial charge in [-0.2, -0.15) is 0 Å². The number of nitrogens with zero attached hydrogens (tertiary/aromatic N) is 1. The van der Waals surface area contributed by atoms with Gasteiger partial charge in [0.25, 0.3) is 0 Å². The normalized spacial score (nSPS) is 14.2. The molecule has 0 spiro atoms. The van der Waals surface area contributed by atoms with Crippen LogP contribution in [0.1, 0.15) is 11.4 Å². The second kappa shape index (κ2) is 5.59. The minimum atomic E-state index is 0.551. The SMILES string of the molecule is COCc1nc(-c2ccc3c(c2)OCCCO3)cs1. The fourth-order valence-electron chi connectivity index (χ4n) is 1.96. The van der Waals surface area contributed by atoms with Gasteiger partial charge >= 0.3 is 0 Å². The van der Waals surface area contributed by atoms with E-state index in [9.17, 15) is 0 Å². The second-order valence-corrected chi connectivity index (χ2v) is 5.21. The zero-order valence-corrected chi connectivity index (χ0v) is 11.5. The minimum absolute atomic E-state index is 0.551. The average Bonchev–Trinajstić information content (AvgIpc) is 2.76. The number of methoxy groups -OCH3 is 1. The summed E-state index contributed by atoms with van der Waals surface area (Å²) in [7, 11) is 1.68. The third kappa shape index (κ3) is 2.72. The number of fused-ring (bicyclic) bond motifs is 1. The number of aromatic nitrogens is 1. The molecule has 1 aliphatic rings. The average molecular weight is 277 g/mol. The van der Waals surface area contributed by atoms with Gasteiger partial charge in [-0.25, -0.2) is 4.98 Å². The monoisotopic (exact) mass is 277 g/mol. The summed E-state index contributed by atoms with van der Waals surface area (Å²) in [6.07, 6.45) is 0.915. The molecular formula is C14H15NO3S. The lowest BCUT2D eigenvalue weighted by molar-refractivity contribution is 0.184. The van der Waals surface area contributed by atoms with E-state index in [1.807, 2.05) is 23.6 Å². The number of benzene rings is 1. The molecule has 100 valence electrons. The molecule has 4 nitrogen and oxygen atoms in total. The molecular weight excluding hydrogens is 262 g/mol. The molecule has 0 atom stereocenters. The summed E-state index contributed by atoms with van der Waals surface area (Å²) in [5.74, 6) is 1.62. The first-order valence-corrected chi connectivity index (χ1v) is 7.08. The molecule has 0 N–H and O–H groups in total. The Labute approximate surface area is 116 Å². The maximum atomic E-state index is 5.69. The second-order valence-electron chi connectivity index (χ2n) is 4.27. The molecule has 3 rings (SSSR count). The van der Waals surface area contributed by atoms with Crippen LogP contribution in [-0.4, -0.2) is 25.3 Å². The van der Waals surface area contributed by atoms with Gasteiger partial charge in [0, 0.05) is 24.5 Å². The van der Waals surface area contributed by atoms with E-state index in [0.717, 1.165) is 34.2 Å². The van der Waals surface area contributed by atoms with Gasteiger partial charge in [-0.1, -0.05) is 0 Å². The van der Waals surface area contributed by atoms with Crippen LogP contribution in [0, 0.1) is 0 Å². The van der Waals surface area contributed by atoms with Gasteiger partial charge in [-0.05, 0) is 18.2 Å². The third-order valence-corrected chi connectivity index (χ3v) is 3.69. The predicted molar refractivity (Wildman–Crippen MR) is 73.9 cm³/mol. The van der Waals surface area contributed by atoms with Crippen molar-refractivity contribution in [3.63, 3.8) is 0 Å². The zero-order valence-electron chi connectivity index (χ0n) is 10.7. The lowest BCUT2D eigenvalue weighted by Gasteiger charge is -2.08. The molecule has 0 bridgehead atoms. The highest BCUT2D eigenvalue weighted by molar-refractivity contribution is 7.09. The molecule has 0 saturated heterocycles. The van der Waals surface area contributed by atoms with E-state index in [0.29, 0.717) is 19.8 Å². The zero-order chi connectivity index (χ0) is 13.1. The van der Waals surface area contributed by atoms with Gasteiger partial charge in [0.15, 0.2) is 11.5 Å². The van der Waals surface area contributed by atoms with Crippen LogP contribution in [-0.2, 0) is 11.3 Å². The topological polar surface area (TPSA) is 40.6 Å². The quantitative estimate of drug-likeness (QED) is 0.864. The molecule has 0 aliphatic carbocycles. The molecule has 0 amide bonds. The number of ether oxygens (including phenoxy) is 3. The van der Waals surface area contributed by atoms with Crippen molar-refractivity contribution in [2.24, 2.45) is 0 Å². The summed E-state index contributed by atoms with van der Waals surface area (Å²) in [4.78, 5) is 4.54. The van der Waals surface area contributed by atoms with Gasteiger partial charge in [0.2, 0.25) is 0 Å². The van der Waals surface area contributed by atoms with Crippen LogP contribution in [0.5, 0.6) is 11.5 Å². The van der Waals surface area contributed by atoms with E-state index in [4.69, 9.17) is 14.2 Å². The van der Waals surface area contributed by atoms with Gasteiger partial charge in [0.05, 0.1) is 25.5 Å². The lowest BCUT2D eigenvalue weighted by Crippen LogP contribution is -1.97. The summed E-state index contributed by atoms with van der Waals surface area (Å²) >= 11 is 1.60. The number of hydrogen-bond donors (Lipinski definition) is 0. The molecule has 2 aromatic rings. The molecule has 0 saturated carbocycles. The van der Waals surface area contributed by atoms with Gasteiger partial charge < -0.3 is 14.2 Å². The van der Waals surface area contributed by atoms with E-state index in [2.05, 4.69) is 4.98 Å². The highest BCUT2D eigenvalue weighted by Crippen LogP contribution is 2.34. The fourth-order valence-corrected chi connectivity index (χ4v) is 2.73. The maximum Gasteiger partial charge on any atom is 0.161 e. The van der Waals surface area contributed by atoms with Crippen molar-refractivity contribution in [3.8, 4) is 22.8 Å². The highest BCUT2D eigenvalue weighted by atomic mass is 32.1. The number of rotatable bonds is 3. The van der Waals surface area contributed by atoms with E-state index in [1.165, 1.54) is 0 Å². The van der Waals surface area contributed by atoms with Crippen LogP contribution in [0.2, 0.25) is 0 Å². The van der Waals surface area contributed by atoms with E-state index in [-0.39, 0.29) is 0 Å². The molecule has 1 aliphatic heterocycles. The highest BCUT2D eigenvalue weighted by Gasteiger charge is 2.12. The predicted octanol–water partition coefficient (Wildman–Crippen LogP) is 3.12. The molecule has 0 fully saturated rings. The first kappa shape index (κ1) is 12.4. The van der Waals surface area contributed by atoms with Crippen molar-refractivity contribution in [3.05, 3.63) is 28.6 Å². The molecule has 5 heteroatoms. The molecule has 19 heavy (non-hydrogen) atoms. The maximum absolute atomic E-state index is 5.69. The molecule has 2 heterocycles. The van der Waals surface area contributed by atoms with Gasteiger partial charge in [-0.15, -0.1) is 11.3 Å². The van der Waals surface area contributed by atoms with Crippen molar-refractivity contribution in [1.82, 2.24) is 4.98 Å². The Balaban J connectivity index is 1.89. The molecule has 0 unspecified atom stereocenters. The smallest absolute Gasteiger partial charge is 0.161 e. The number of hydrogen-bond acceptors (Lipinski definition) is 5. The first-order valence-electron chi connectivity index (χ1n) is 6.20. The van der Waals surface area contributed by atoms with Crippen LogP contribution in [0.15, 0.2) is 23.6 Å². The molecule has 1 aromatic carbocycles. The summed E-state index contributed by atoms with van der Waals surface area (Å²) in [5, 5.41) is 3.01. The molecule has 1 aromatic heterocycles. The van der Waals surface area contributed by atoms with Crippen molar-refractivity contribution < 1.29 is 14.2 Å². The van der Waals surface area contributed by atoms with Crippen molar-refractivity contribution >= 4 is 11.3 Å². The van der Waals surface area contributed by atoms with Gasteiger partial charge in [-0.3, -0.25) is 0 Å². The Morgan fingerprint density at radius 1 is 1.26 bits per heavy atom. The summed E-state index contributed by atoms with van der Waals surface area (Å²) in [6, 6.07) is 5.96. The minimum Gasteiger partial charge on any atom is -0.490 e. The van der Waals surface area contributed by atoms with E-state index < -0.39 is 0 Å². The Morgan fingerprint density at radius 2 is 2.11 bits per heavy atom. The Kier molecular flexibility index (Phi) is 3.66. The Hall–Kier alpha value is -1.59. The summed E-state index contributed by atoms with van der Waals surface area (Å²) in [5.41, 5.74) is 2.00. The van der Waals surface area contributed by atoms with E-state index in [1.54, 1.807) is 18.4 Å². The van der Waals surface area contributed by atoms with Crippen molar-refractivity contribution in [2.75, 3.05) is 20.3 Å².